The van der Waals surface area contributed by atoms with Crippen LogP contribution >= 0.6 is 0 Å². The van der Waals surface area contributed by atoms with Crippen LogP contribution in [0, 0.1) is 0 Å². The van der Waals surface area contributed by atoms with Gasteiger partial charge in [-0.1, -0.05) is 6.07 Å². The number of imidazole rings is 1. The van der Waals surface area contributed by atoms with Crippen molar-refractivity contribution in [2.45, 2.75) is 24.9 Å². The molecule has 0 aliphatic heterocycles. The van der Waals surface area contributed by atoms with Crippen molar-refractivity contribution in [2.75, 3.05) is 12.4 Å². The lowest BCUT2D eigenvalue weighted by atomic mass is 10.2. The van der Waals surface area contributed by atoms with Gasteiger partial charge in [0.1, 0.15) is 11.8 Å². The van der Waals surface area contributed by atoms with Gasteiger partial charge in [0.15, 0.2) is 0 Å². The molecule has 1 fully saturated rings. The number of nitrogens with one attached hydrogen (secondary N) is 1. The molecule has 0 saturated heterocycles. The Kier molecular flexibility index (Phi) is 3.51. The number of nitrogens with two attached hydrogens (primary N) is 1. The third kappa shape index (κ3) is 2.84. The van der Waals surface area contributed by atoms with Crippen LogP contribution in [-0.2, 0) is 4.79 Å². The second-order valence-electron chi connectivity index (χ2n) is 5.17. The van der Waals surface area contributed by atoms with Crippen molar-refractivity contribution in [2.24, 2.45) is 5.73 Å². The number of benzene rings is 1. The van der Waals surface area contributed by atoms with E-state index in [1.165, 1.54) is 0 Å². The van der Waals surface area contributed by atoms with E-state index in [9.17, 15) is 4.79 Å². The highest BCUT2D eigenvalue weighted by atomic mass is 16.5. The van der Waals surface area contributed by atoms with Gasteiger partial charge in [-0.3, -0.25) is 4.79 Å². The fourth-order valence-corrected chi connectivity index (χ4v) is 2.37. The summed E-state index contributed by atoms with van der Waals surface area (Å²) in [5.74, 6) is 0.291. The molecule has 0 spiro atoms. The van der Waals surface area contributed by atoms with Gasteiger partial charge in [-0.05, 0) is 25.0 Å². The Morgan fingerprint density at radius 1 is 1.52 bits per heavy atom. The Hall–Kier alpha value is -2.50. The first-order chi connectivity index (χ1) is 10.2. The second kappa shape index (κ2) is 5.47. The van der Waals surface area contributed by atoms with E-state index in [4.69, 9.17) is 10.5 Å². The zero-order valence-corrected chi connectivity index (χ0v) is 11.8. The molecule has 1 saturated carbocycles. The van der Waals surface area contributed by atoms with Crippen molar-refractivity contribution in [3.63, 3.8) is 0 Å². The van der Waals surface area contributed by atoms with E-state index in [-0.39, 0.29) is 0 Å². The summed E-state index contributed by atoms with van der Waals surface area (Å²) in [5.41, 5.74) is 7.14. The lowest BCUT2D eigenvalue weighted by molar-refractivity contribution is -0.119. The van der Waals surface area contributed by atoms with Crippen LogP contribution in [0.25, 0.3) is 0 Å². The molecule has 2 aromatic rings. The van der Waals surface area contributed by atoms with Gasteiger partial charge in [0, 0.05) is 17.8 Å². The van der Waals surface area contributed by atoms with Crippen molar-refractivity contribution in [3.8, 4) is 5.75 Å². The Labute approximate surface area is 122 Å². The molecule has 1 heterocycles. The van der Waals surface area contributed by atoms with Gasteiger partial charge < -0.3 is 20.4 Å². The molecular weight excluding hydrogens is 268 g/mol. The molecular formula is C15H18N4O2. The molecule has 0 bridgehead atoms. The number of ether oxygens (including phenoxy) is 1. The second-order valence-corrected chi connectivity index (χ2v) is 5.17. The highest BCUT2D eigenvalue weighted by molar-refractivity contribution is 5.84. The number of carbonyl (C=O) groups is 1. The largest absolute Gasteiger partial charge is 0.497 e. The van der Waals surface area contributed by atoms with Crippen molar-refractivity contribution >= 4 is 11.6 Å². The minimum atomic E-state index is -0.611. The molecule has 3 rings (SSSR count). The topological polar surface area (TPSA) is 82.2 Å². The van der Waals surface area contributed by atoms with Gasteiger partial charge in [-0.15, -0.1) is 0 Å². The molecule has 21 heavy (non-hydrogen) atoms. The van der Waals surface area contributed by atoms with Crippen LogP contribution in [0.1, 0.15) is 30.6 Å². The maximum absolute atomic E-state index is 11.8. The molecule has 1 amide bonds. The number of carbonyl (C=O) groups excluding carboxylic acids is 1. The minimum Gasteiger partial charge on any atom is -0.497 e. The normalized spacial score (nSPS) is 15.5. The first-order valence-electron chi connectivity index (χ1n) is 6.90. The average Bonchev–Trinajstić information content (AvgIpc) is 3.22. The average molecular weight is 286 g/mol. The molecule has 6 nitrogen and oxygen atoms in total. The standard InChI is InChI=1S/C15H18N4O2/c1-21-12-4-2-3-10(7-12)18-14(15(16)20)13-8-17-9-19(13)11-5-6-11/h2-4,7-9,11,14,18H,5-6H2,1H3,(H2,16,20). The monoisotopic (exact) mass is 286 g/mol. The van der Waals surface area contributed by atoms with Crippen LogP contribution in [0.5, 0.6) is 5.75 Å². The van der Waals surface area contributed by atoms with Crippen molar-refractivity contribution < 1.29 is 9.53 Å². The van der Waals surface area contributed by atoms with E-state index in [1.54, 1.807) is 19.6 Å². The van der Waals surface area contributed by atoms with Crippen molar-refractivity contribution in [3.05, 3.63) is 42.5 Å². The summed E-state index contributed by atoms with van der Waals surface area (Å²) in [6.07, 6.45) is 5.69. The van der Waals surface area contributed by atoms with Gasteiger partial charge >= 0.3 is 0 Å². The van der Waals surface area contributed by atoms with Gasteiger partial charge in [-0.25, -0.2) is 4.98 Å². The van der Waals surface area contributed by atoms with E-state index in [1.807, 2.05) is 28.8 Å². The Balaban J connectivity index is 1.87. The van der Waals surface area contributed by atoms with Crippen molar-refractivity contribution in [1.29, 1.82) is 0 Å². The SMILES string of the molecule is COc1cccc(NC(C(N)=O)c2cncn2C2CC2)c1. The summed E-state index contributed by atoms with van der Waals surface area (Å²) >= 11 is 0. The molecule has 3 N–H and O–H groups in total. The summed E-state index contributed by atoms with van der Waals surface area (Å²) in [6, 6.07) is 7.23. The first-order valence-corrected chi connectivity index (χ1v) is 6.90. The van der Waals surface area contributed by atoms with Crippen LogP contribution in [0.2, 0.25) is 0 Å². The molecule has 1 aromatic carbocycles. The first kappa shape index (κ1) is 13.5. The number of rotatable bonds is 6. The molecule has 6 heteroatoms. The molecule has 0 radical (unpaired) electrons. The fraction of sp³-hybridized carbons (Fsp3) is 0.333. The Bertz CT molecular complexity index is 649. The van der Waals surface area contributed by atoms with Crippen molar-refractivity contribution in [1.82, 2.24) is 9.55 Å². The van der Waals surface area contributed by atoms with E-state index in [0.29, 0.717) is 6.04 Å². The third-order valence-corrected chi connectivity index (χ3v) is 3.60. The fourth-order valence-electron chi connectivity index (χ4n) is 2.37. The summed E-state index contributed by atoms with van der Waals surface area (Å²) in [7, 11) is 1.60. The smallest absolute Gasteiger partial charge is 0.246 e. The number of hydrogen-bond donors (Lipinski definition) is 2. The summed E-state index contributed by atoms with van der Waals surface area (Å²) in [6.45, 7) is 0. The summed E-state index contributed by atoms with van der Waals surface area (Å²) < 4.78 is 7.22. The van der Waals surface area contributed by atoms with Crippen LogP contribution in [0.15, 0.2) is 36.8 Å². The summed E-state index contributed by atoms with van der Waals surface area (Å²) in [5, 5.41) is 3.16. The predicted octanol–water partition coefficient (Wildman–Crippen LogP) is 1.87. The maximum atomic E-state index is 11.8. The van der Waals surface area contributed by atoms with Crippen LogP contribution < -0.4 is 15.8 Å². The molecule has 1 aliphatic carbocycles. The quantitative estimate of drug-likeness (QED) is 0.849. The number of aromatic nitrogens is 2. The molecule has 1 unspecified atom stereocenters. The van der Waals surface area contributed by atoms with E-state index in [0.717, 1.165) is 30.0 Å². The van der Waals surface area contributed by atoms with Crippen LogP contribution in [-0.4, -0.2) is 22.6 Å². The lowest BCUT2D eigenvalue weighted by Gasteiger charge is -2.19. The molecule has 1 aliphatic rings. The Morgan fingerprint density at radius 3 is 3.00 bits per heavy atom. The van der Waals surface area contributed by atoms with Crippen LogP contribution in [0.4, 0.5) is 5.69 Å². The van der Waals surface area contributed by atoms with E-state index < -0.39 is 11.9 Å². The molecule has 1 atom stereocenters. The van der Waals surface area contributed by atoms with Gasteiger partial charge in [0.05, 0.1) is 25.3 Å². The number of hydrogen-bond acceptors (Lipinski definition) is 4. The minimum absolute atomic E-state index is 0.430. The highest BCUT2D eigenvalue weighted by Gasteiger charge is 2.30. The number of anilines is 1. The molecule has 110 valence electrons. The van der Waals surface area contributed by atoms with Gasteiger partial charge in [0.2, 0.25) is 5.91 Å². The number of nitrogens with zero attached hydrogens (tertiary/aromatic N) is 2. The number of primary amides is 1. The predicted molar refractivity (Wildman–Crippen MR) is 79.1 cm³/mol. The zero-order chi connectivity index (χ0) is 14.8. The van der Waals surface area contributed by atoms with Gasteiger partial charge in [-0.2, -0.15) is 0 Å². The molecule has 1 aromatic heterocycles. The Morgan fingerprint density at radius 2 is 2.33 bits per heavy atom. The number of methoxy groups -OCH3 is 1. The zero-order valence-electron chi connectivity index (χ0n) is 11.8. The van der Waals surface area contributed by atoms with E-state index >= 15 is 0 Å². The number of amides is 1. The highest BCUT2D eigenvalue weighted by Crippen LogP contribution is 2.37. The van der Waals surface area contributed by atoms with Crippen LogP contribution in [0.3, 0.4) is 0 Å². The van der Waals surface area contributed by atoms with Gasteiger partial charge in [0.25, 0.3) is 0 Å². The van der Waals surface area contributed by atoms with E-state index in [2.05, 4.69) is 10.3 Å². The third-order valence-electron chi connectivity index (χ3n) is 3.60. The maximum Gasteiger partial charge on any atom is 0.246 e. The lowest BCUT2D eigenvalue weighted by Crippen LogP contribution is -2.29. The summed E-state index contributed by atoms with van der Waals surface area (Å²) in [4.78, 5) is 16.0.